The smallest absolute Gasteiger partial charge is 0.365 e. The fraction of sp³-hybridized carbons (Fsp3) is 0.455. The molecular formula is C11H12F3N5. The van der Waals surface area contributed by atoms with Gasteiger partial charge in [-0.2, -0.15) is 18.3 Å². The van der Waals surface area contributed by atoms with Crippen molar-refractivity contribution in [3.05, 3.63) is 24.2 Å². The van der Waals surface area contributed by atoms with Crippen molar-refractivity contribution in [2.75, 3.05) is 5.32 Å². The van der Waals surface area contributed by atoms with Crippen LogP contribution in [0.4, 0.5) is 19.0 Å². The second-order valence-electron chi connectivity index (χ2n) is 4.71. The van der Waals surface area contributed by atoms with Gasteiger partial charge in [-0.25, -0.2) is 9.50 Å². The minimum atomic E-state index is -4.46. The van der Waals surface area contributed by atoms with Crippen molar-refractivity contribution in [1.82, 2.24) is 14.6 Å². The number of halogens is 3. The van der Waals surface area contributed by atoms with Gasteiger partial charge < -0.3 is 11.1 Å². The van der Waals surface area contributed by atoms with Crippen molar-refractivity contribution < 1.29 is 13.2 Å². The number of nitrogens with zero attached hydrogens (tertiary/aromatic N) is 3. The molecule has 1 aliphatic rings. The van der Waals surface area contributed by atoms with Gasteiger partial charge in [0.2, 0.25) is 0 Å². The molecule has 0 aliphatic heterocycles. The number of rotatable bonds is 2. The molecule has 0 spiro atoms. The van der Waals surface area contributed by atoms with E-state index in [1.165, 1.54) is 16.9 Å². The van der Waals surface area contributed by atoms with Gasteiger partial charge in [0.05, 0.1) is 0 Å². The van der Waals surface area contributed by atoms with Gasteiger partial charge >= 0.3 is 6.18 Å². The second-order valence-corrected chi connectivity index (χ2v) is 4.71. The van der Waals surface area contributed by atoms with Crippen LogP contribution >= 0.6 is 0 Å². The first-order chi connectivity index (χ1) is 8.93. The number of hydrogen-bond acceptors (Lipinski definition) is 4. The second kappa shape index (κ2) is 4.09. The Morgan fingerprint density at radius 3 is 2.74 bits per heavy atom. The van der Waals surface area contributed by atoms with E-state index in [2.05, 4.69) is 15.4 Å². The number of alkyl halides is 3. The Labute approximate surface area is 106 Å². The Morgan fingerprint density at radius 1 is 1.37 bits per heavy atom. The fourth-order valence-corrected chi connectivity index (χ4v) is 2.14. The molecule has 0 saturated heterocycles. The lowest BCUT2D eigenvalue weighted by molar-refractivity contribution is -0.141. The molecule has 8 heteroatoms. The maximum Gasteiger partial charge on any atom is 0.435 e. The van der Waals surface area contributed by atoms with Crippen molar-refractivity contribution in [2.45, 2.75) is 31.1 Å². The van der Waals surface area contributed by atoms with E-state index in [0.29, 0.717) is 11.3 Å². The molecule has 2 heterocycles. The summed E-state index contributed by atoms with van der Waals surface area (Å²) in [6.07, 6.45) is -0.0581. The summed E-state index contributed by atoms with van der Waals surface area (Å²) in [6.45, 7) is 0. The molecular weight excluding hydrogens is 259 g/mol. The van der Waals surface area contributed by atoms with E-state index in [9.17, 15) is 13.2 Å². The molecule has 5 nitrogen and oxygen atoms in total. The summed E-state index contributed by atoms with van der Waals surface area (Å²) in [4.78, 5) is 4.07. The summed E-state index contributed by atoms with van der Waals surface area (Å²) in [5.41, 5.74) is 5.06. The van der Waals surface area contributed by atoms with E-state index in [1.807, 2.05) is 0 Å². The van der Waals surface area contributed by atoms with Crippen LogP contribution < -0.4 is 11.1 Å². The molecule has 0 radical (unpaired) electrons. The quantitative estimate of drug-likeness (QED) is 0.871. The molecule has 2 aromatic heterocycles. The van der Waals surface area contributed by atoms with Crippen LogP contribution in [0.5, 0.6) is 0 Å². The molecule has 0 atom stereocenters. The van der Waals surface area contributed by atoms with Crippen LogP contribution in [0.2, 0.25) is 0 Å². The highest BCUT2D eigenvalue weighted by atomic mass is 19.4. The van der Waals surface area contributed by atoms with Gasteiger partial charge in [0.25, 0.3) is 0 Å². The Kier molecular flexibility index (Phi) is 2.63. The van der Waals surface area contributed by atoms with Gasteiger partial charge in [0.1, 0.15) is 5.52 Å². The number of hydrogen-bond donors (Lipinski definition) is 2. The molecule has 0 amide bonds. The topological polar surface area (TPSA) is 68.2 Å². The van der Waals surface area contributed by atoms with Crippen LogP contribution in [0.15, 0.2) is 18.5 Å². The third kappa shape index (κ3) is 2.23. The van der Waals surface area contributed by atoms with Crippen LogP contribution in [-0.2, 0) is 6.18 Å². The molecule has 102 valence electrons. The summed E-state index contributed by atoms with van der Waals surface area (Å²) >= 11 is 0. The monoisotopic (exact) mass is 271 g/mol. The Hall–Kier alpha value is -1.83. The predicted octanol–water partition coefficient (Wildman–Crippen LogP) is 1.65. The summed E-state index contributed by atoms with van der Waals surface area (Å²) in [5.74, 6) is 0.405. The standard InChI is InChI=1S/C11H12F3N5/c12-11(13,14)9-5-8-10(16-1-2-19(8)18-9)17-7-3-6(15)4-7/h1-2,5-7H,3-4,15H2,(H,16,17). The molecule has 19 heavy (non-hydrogen) atoms. The molecule has 1 aliphatic carbocycles. The molecule has 1 fully saturated rings. The van der Waals surface area contributed by atoms with Crippen LogP contribution in [0, 0.1) is 0 Å². The van der Waals surface area contributed by atoms with Crippen LogP contribution in [0.25, 0.3) is 5.52 Å². The van der Waals surface area contributed by atoms with Gasteiger partial charge in [-0.3, -0.25) is 0 Å². The van der Waals surface area contributed by atoms with Crippen LogP contribution in [0.1, 0.15) is 18.5 Å². The fourth-order valence-electron chi connectivity index (χ4n) is 2.14. The summed E-state index contributed by atoms with van der Waals surface area (Å²) in [7, 11) is 0. The molecule has 0 aromatic carbocycles. The molecule has 3 rings (SSSR count). The number of nitrogens with one attached hydrogen (secondary N) is 1. The van der Waals surface area contributed by atoms with Gasteiger partial charge in [0.15, 0.2) is 11.5 Å². The van der Waals surface area contributed by atoms with Crippen molar-refractivity contribution >= 4 is 11.3 Å². The number of anilines is 1. The Balaban J connectivity index is 1.93. The van der Waals surface area contributed by atoms with E-state index >= 15 is 0 Å². The maximum atomic E-state index is 12.6. The van der Waals surface area contributed by atoms with E-state index in [1.54, 1.807) is 0 Å². The summed E-state index contributed by atoms with van der Waals surface area (Å²) in [6, 6.07) is 1.32. The average molecular weight is 271 g/mol. The lowest BCUT2D eigenvalue weighted by Gasteiger charge is -2.33. The minimum absolute atomic E-state index is 0.160. The normalized spacial score (nSPS) is 23.4. The van der Waals surface area contributed by atoms with E-state index in [-0.39, 0.29) is 12.1 Å². The molecule has 1 saturated carbocycles. The maximum absolute atomic E-state index is 12.6. The largest absolute Gasteiger partial charge is 0.435 e. The number of aromatic nitrogens is 3. The van der Waals surface area contributed by atoms with Crippen molar-refractivity contribution in [1.29, 1.82) is 0 Å². The third-order valence-electron chi connectivity index (χ3n) is 3.20. The number of nitrogens with two attached hydrogens (primary N) is 1. The van der Waals surface area contributed by atoms with E-state index in [4.69, 9.17) is 5.73 Å². The zero-order chi connectivity index (χ0) is 13.6. The first-order valence-corrected chi connectivity index (χ1v) is 5.87. The zero-order valence-corrected chi connectivity index (χ0v) is 9.85. The molecule has 3 N–H and O–H groups in total. The first-order valence-electron chi connectivity index (χ1n) is 5.87. The molecule has 2 aromatic rings. The lowest BCUT2D eigenvalue weighted by Crippen LogP contribution is -2.44. The zero-order valence-electron chi connectivity index (χ0n) is 9.85. The van der Waals surface area contributed by atoms with Gasteiger partial charge in [-0.05, 0) is 12.8 Å². The lowest BCUT2D eigenvalue weighted by atomic mass is 9.88. The highest BCUT2D eigenvalue weighted by Crippen LogP contribution is 2.31. The van der Waals surface area contributed by atoms with E-state index < -0.39 is 11.9 Å². The SMILES string of the molecule is NC1CC(Nc2nccn3nc(C(F)(F)F)cc23)C1. The Morgan fingerprint density at radius 2 is 2.11 bits per heavy atom. The van der Waals surface area contributed by atoms with Crippen LogP contribution in [-0.4, -0.2) is 26.7 Å². The molecule has 0 unspecified atom stereocenters. The minimum Gasteiger partial charge on any atom is -0.365 e. The Bertz CT molecular complexity index is 600. The van der Waals surface area contributed by atoms with Crippen molar-refractivity contribution in [2.24, 2.45) is 5.73 Å². The van der Waals surface area contributed by atoms with Gasteiger partial charge in [-0.1, -0.05) is 0 Å². The molecule has 0 bridgehead atoms. The summed E-state index contributed by atoms with van der Waals surface area (Å²) < 4.78 is 39.0. The predicted molar refractivity (Wildman–Crippen MR) is 62.6 cm³/mol. The highest BCUT2D eigenvalue weighted by molar-refractivity contribution is 5.68. The third-order valence-corrected chi connectivity index (χ3v) is 3.20. The van der Waals surface area contributed by atoms with Crippen LogP contribution in [0.3, 0.4) is 0 Å². The van der Waals surface area contributed by atoms with Crippen molar-refractivity contribution in [3.63, 3.8) is 0 Å². The highest BCUT2D eigenvalue weighted by Gasteiger charge is 2.34. The van der Waals surface area contributed by atoms with E-state index in [0.717, 1.165) is 18.9 Å². The van der Waals surface area contributed by atoms with Crippen molar-refractivity contribution in [3.8, 4) is 0 Å². The number of fused-ring (bicyclic) bond motifs is 1. The average Bonchev–Trinajstić information content (AvgIpc) is 2.71. The first kappa shape index (κ1) is 12.2. The van der Waals surface area contributed by atoms with Gasteiger partial charge in [-0.15, -0.1) is 0 Å². The summed E-state index contributed by atoms with van der Waals surface area (Å²) in [5, 5.41) is 6.59. The van der Waals surface area contributed by atoms with Gasteiger partial charge in [0, 0.05) is 30.5 Å².